The molecule has 0 aliphatic carbocycles. The molecule has 0 radical (unpaired) electrons. The molecule has 0 atom stereocenters. The minimum Gasteiger partial charge on any atom is -0.381 e. The average molecular weight is 541 g/mol. The first-order valence-corrected chi connectivity index (χ1v) is 11.1. The second-order valence-electron chi connectivity index (χ2n) is 7.58. The zero-order valence-electron chi connectivity index (χ0n) is 18.5. The van der Waals surface area contributed by atoms with Gasteiger partial charge >= 0.3 is 0 Å². The molecular weight excluding hydrogens is 505 g/mol. The van der Waals surface area contributed by atoms with E-state index in [1.165, 1.54) is 11.1 Å². The van der Waals surface area contributed by atoms with Gasteiger partial charge in [0.25, 0.3) is 0 Å². The lowest BCUT2D eigenvalue weighted by molar-refractivity contribution is 0.0203. The smallest absolute Gasteiger partial charge is 0.191 e. The van der Waals surface area contributed by atoms with Crippen LogP contribution in [0.2, 0.25) is 0 Å². The number of halogens is 1. The third kappa shape index (κ3) is 9.57. The summed E-state index contributed by atoms with van der Waals surface area (Å²) in [6, 6.07) is 10.4. The van der Waals surface area contributed by atoms with Crippen molar-refractivity contribution in [2.45, 2.75) is 39.3 Å². The highest BCUT2D eigenvalue weighted by atomic mass is 127. The highest BCUT2D eigenvalue weighted by Crippen LogP contribution is 2.14. The summed E-state index contributed by atoms with van der Waals surface area (Å²) in [4.78, 5) is 4.77. The molecule has 1 aromatic carbocycles. The zero-order valence-corrected chi connectivity index (χ0v) is 20.8. The summed E-state index contributed by atoms with van der Waals surface area (Å²) >= 11 is 0. The molecule has 2 aromatic rings. The van der Waals surface area contributed by atoms with E-state index in [1.54, 1.807) is 6.20 Å². The van der Waals surface area contributed by atoms with E-state index in [9.17, 15) is 0 Å². The van der Waals surface area contributed by atoms with Crippen molar-refractivity contribution in [2.75, 3.05) is 39.5 Å². The summed E-state index contributed by atoms with van der Waals surface area (Å²) in [7, 11) is 0. The van der Waals surface area contributed by atoms with E-state index in [2.05, 4.69) is 46.9 Å². The van der Waals surface area contributed by atoms with Crippen LogP contribution in [0.15, 0.2) is 47.7 Å². The quantitative estimate of drug-likeness (QED) is 0.198. The lowest BCUT2D eigenvalue weighted by Crippen LogP contribution is -2.38. The van der Waals surface area contributed by atoms with Crippen LogP contribution in [0.5, 0.6) is 0 Å². The third-order valence-corrected chi connectivity index (χ3v) is 5.21. The minimum absolute atomic E-state index is 0. The van der Waals surface area contributed by atoms with Gasteiger partial charge in [-0.2, -0.15) is 5.10 Å². The minimum atomic E-state index is 0. The molecule has 1 aliphatic heterocycles. The van der Waals surface area contributed by atoms with Gasteiger partial charge in [0.15, 0.2) is 5.96 Å². The molecule has 1 aliphatic rings. The Morgan fingerprint density at radius 3 is 2.74 bits per heavy atom. The number of guanidine groups is 1. The Labute approximate surface area is 203 Å². The van der Waals surface area contributed by atoms with Gasteiger partial charge in [-0.3, -0.25) is 4.68 Å². The van der Waals surface area contributed by atoms with Gasteiger partial charge in [-0.05, 0) is 49.3 Å². The number of nitrogens with one attached hydrogen (secondary N) is 2. The Bertz CT molecular complexity index is 748. The summed E-state index contributed by atoms with van der Waals surface area (Å²) in [6.07, 6.45) is 7.00. The van der Waals surface area contributed by atoms with Crippen molar-refractivity contribution in [3.8, 4) is 0 Å². The second-order valence-corrected chi connectivity index (χ2v) is 7.58. The molecule has 2 heterocycles. The van der Waals surface area contributed by atoms with Crippen LogP contribution in [0.3, 0.4) is 0 Å². The molecule has 2 N–H and O–H groups in total. The Hall–Kier alpha value is -1.65. The van der Waals surface area contributed by atoms with E-state index in [-0.39, 0.29) is 24.0 Å². The first-order valence-electron chi connectivity index (χ1n) is 11.1. The maximum Gasteiger partial charge on any atom is 0.191 e. The van der Waals surface area contributed by atoms with E-state index in [0.29, 0.717) is 12.5 Å². The summed E-state index contributed by atoms with van der Waals surface area (Å²) in [5, 5.41) is 11.1. The van der Waals surface area contributed by atoms with Crippen LogP contribution in [0.1, 0.15) is 37.3 Å². The lowest BCUT2D eigenvalue weighted by atomic mass is 10.0. The first-order chi connectivity index (χ1) is 14.8. The second kappa shape index (κ2) is 15.2. The Morgan fingerprint density at radius 2 is 2.00 bits per heavy atom. The van der Waals surface area contributed by atoms with Gasteiger partial charge in [-0.1, -0.05) is 24.3 Å². The lowest BCUT2D eigenvalue weighted by Gasteiger charge is -2.21. The van der Waals surface area contributed by atoms with E-state index < -0.39 is 0 Å². The number of hydrogen-bond acceptors (Lipinski definition) is 4. The Morgan fingerprint density at radius 1 is 1.19 bits per heavy atom. The summed E-state index contributed by atoms with van der Waals surface area (Å²) in [6.45, 7) is 8.53. The maximum atomic E-state index is 5.85. The molecule has 8 heteroatoms. The monoisotopic (exact) mass is 541 g/mol. The molecule has 0 amide bonds. The summed E-state index contributed by atoms with van der Waals surface area (Å²) in [5.41, 5.74) is 2.45. The van der Waals surface area contributed by atoms with Crippen LogP contribution in [0, 0.1) is 5.92 Å². The van der Waals surface area contributed by atoms with Crippen molar-refractivity contribution >= 4 is 29.9 Å². The number of aromatic nitrogens is 2. The topological polar surface area (TPSA) is 72.7 Å². The van der Waals surface area contributed by atoms with Crippen LogP contribution in [-0.2, 0) is 22.6 Å². The van der Waals surface area contributed by atoms with Crippen molar-refractivity contribution in [1.29, 1.82) is 0 Å². The van der Waals surface area contributed by atoms with E-state index in [0.717, 1.165) is 71.3 Å². The number of benzene rings is 1. The van der Waals surface area contributed by atoms with E-state index in [4.69, 9.17) is 14.5 Å². The molecule has 0 unspecified atom stereocenters. The number of nitrogens with zero attached hydrogens (tertiary/aromatic N) is 3. The fourth-order valence-electron chi connectivity index (χ4n) is 3.48. The molecule has 7 nitrogen and oxygen atoms in total. The summed E-state index contributed by atoms with van der Waals surface area (Å²) < 4.78 is 13.2. The van der Waals surface area contributed by atoms with Crippen LogP contribution >= 0.6 is 24.0 Å². The average Bonchev–Trinajstić information content (AvgIpc) is 3.29. The SMILES string of the molecule is CCNC(=NCc1ccccc1Cn1cccn1)NCCCOCC1CCOCC1.I. The van der Waals surface area contributed by atoms with E-state index in [1.807, 2.05) is 16.9 Å². The third-order valence-electron chi connectivity index (χ3n) is 5.21. The fraction of sp³-hybridized carbons (Fsp3) is 0.565. The fourth-order valence-corrected chi connectivity index (χ4v) is 3.48. The molecule has 172 valence electrons. The van der Waals surface area contributed by atoms with Gasteiger partial charge in [-0.25, -0.2) is 4.99 Å². The Kier molecular flexibility index (Phi) is 12.6. The van der Waals surface area contributed by atoms with Gasteiger partial charge < -0.3 is 20.1 Å². The van der Waals surface area contributed by atoms with Crippen molar-refractivity contribution in [3.63, 3.8) is 0 Å². The highest BCUT2D eigenvalue weighted by molar-refractivity contribution is 14.0. The van der Waals surface area contributed by atoms with Crippen LogP contribution < -0.4 is 10.6 Å². The highest BCUT2D eigenvalue weighted by Gasteiger charge is 2.13. The maximum absolute atomic E-state index is 5.85. The number of ether oxygens (including phenoxy) is 2. The van der Waals surface area contributed by atoms with Gasteiger partial charge in [0, 0.05) is 51.9 Å². The molecule has 1 fully saturated rings. The van der Waals surface area contributed by atoms with Gasteiger partial charge in [-0.15, -0.1) is 24.0 Å². The van der Waals surface area contributed by atoms with Gasteiger partial charge in [0.05, 0.1) is 13.1 Å². The number of aliphatic imine (C=N–C) groups is 1. The van der Waals surface area contributed by atoms with Gasteiger partial charge in [0.1, 0.15) is 0 Å². The normalized spacial score (nSPS) is 14.8. The van der Waals surface area contributed by atoms with Crippen molar-refractivity contribution in [3.05, 3.63) is 53.9 Å². The van der Waals surface area contributed by atoms with Crippen molar-refractivity contribution in [1.82, 2.24) is 20.4 Å². The molecule has 31 heavy (non-hydrogen) atoms. The van der Waals surface area contributed by atoms with Crippen LogP contribution in [-0.4, -0.2) is 55.3 Å². The molecule has 0 saturated carbocycles. The standard InChI is InChI=1S/C23H35N5O2.HI/c1-2-24-23(25-11-6-14-30-19-20-9-15-29-16-10-20)26-17-21-7-3-4-8-22(21)18-28-13-5-12-27-28;/h3-5,7-8,12-13,20H,2,6,9-11,14-19H2,1H3,(H2,24,25,26);1H. The summed E-state index contributed by atoms with van der Waals surface area (Å²) in [5.74, 6) is 1.50. The predicted molar refractivity (Wildman–Crippen MR) is 135 cm³/mol. The number of rotatable bonds is 11. The number of hydrogen-bond donors (Lipinski definition) is 2. The molecule has 0 spiro atoms. The van der Waals surface area contributed by atoms with Crippen molar-refractivity contribution < 1.29 is 9.47 Å². The Balaban J connectivity index is 0.00000341. The van der Waals surface area contributed by atoms with Crippen LogP contribution in [0.4, 0.5) is 0 Å². The van der Waals surface area contributed by atoms with Gasteiger partial charge in [0.2, 0.25) is 0 Å². The molecule has 0 bridgehead atoms. The molecular formula is C23H36IN5O2. The zero-order chi connectivity index (χ0) is 20.9. The predicted octanol–water partition coefficient (Wildman–Crippen LogP) is 3.44. The van der Waals surface area contributed by atoms with Crippen LogP contribution in [0.25, 0.3) is 0 Å². The first kappa shape index (κ1) is 25.6. The van der Waals surface area contributed by atoms with E-state index >= 15 is 0 Å². The molecule has 1 saturated heterocycles. The van der Waals surface area contributed by atoms with Crippen molar-refractivity contribution in [2.24, 2.45) is 10.9 Å². The largest absolute Gasteiger partial charge is 0.381 e. The molecule has 1 aromatic heterocycles. The molecule has 3 rings (SSSR count).